The molecule has 4 heteroatoms. The Labute approximate surface area is 121 Å². The Kier molecular flexibility index (Phi) is 6.39. The van der Waals surface area contributed by atoms with Gasteiger partial charge in [-0.2, -0.15) is 0 Å². The smallest absolute Gasteiger partial charge is 0.133 e. The van der Waals surface area contributed by atoms with E-state index in [1.165, 1.54) is 5.57 Å². The molecule has 1 aromatic carbocycles. The molecule has 0 heterocycles. The summed E-state index contributed by atoms with van der Waals surface area (Å²) >= 11 is 0. The third-order valence-electron chi connectivity index (χ3n) is 3.32. The molecule has 0 aromatic heterocycles. The maximum atomic E-state index is 5.45. The van der Waals surface area contributed by atoms with Crippen LogP contribution in [0.2, 0.25) is 0 Å². The zero-order chi connectivity index (χ0) is 15.1. The number of benzene rings is 1. The Morgan fingerprint density at radius 1 is 1.15 bits per heavy atom. The molecular formula is C16H25NO3. The fourth-order valence-electron chi connectivity index (χ4n) is 1.99. The third-order valence-corrected chi connectivity index (χ3v) is 3.32. The molecule has 0 amide bonds. The summed E-state index contributed by atoms with van der Waals surface area (Å²) in [6, 6.07) is 4.02. The normalized spacial score (nSPS) is 13.0. The summed E-state index contributed by atoms with van der Waals surface area (Å²) in [7, 11) is 4.92. The van der Waals surface area contributed by atoms with Crippen LogP contribution in [0.3, 0.4) is 0 Å². The molecule has 0 aliphatic carbocycles. The highest BCUT2D eigenvalue weighted by Crippen LogP contribution is 2.35. The van der Waals surface area contributed by atoms with Gasteiger partial charge in [-0.05, 0) is 26.5 Å². The highest BCUT2D eigenvalue weighted by atomic mass is 16.5. The number of hydrogen-bond donors (Lipinski definition) is 1. The molecule has 0 fully saturated rings. The molecule has 1 unspecified atom stereocenters. The Morgan fingerprint density at radius 3 is 2.10 bits per heavy atom. The SMILES string of the molecule is CCNC(C)C(C)=Cc1c(OC)cc(OC)cc1OC. The Bertz CT molecular complexity index is 444. The topological polar surface area (TPSA) is 39.7 Å². The van der Waals surface area contributed by atoms with Gasteiger partial charge in [-0.1, -0.05) is 12.5 Å². The predicted molar refractivity (Wildman–Crippen MR) is 82.9 cm³/mol. The Hall–Kier alpha value is -1.68. The molecule has 1 rings (SSSR count). The van der Waals surface area contributed by atoms with Crippen LogP contribution in [0, 0.1) is 0 Å². The van der Waals surface area contributed by atoms with E-state index >= 15 is 0 Å². The minimum atomic E-state index is 0.302. The maximum Gasteiger partial charge on any atom is 0.133 e. The Balaban J connectivity index is 3.24. The average Bonchev–Trinajstić information content (AvgIpc) is 2.47. The second-order valence-electron chi connectivity index (χ2n) is 4.61. The molecule has 0 saturated heterocycles. The van der Waals surface area contributed by atoms with Gasteiger partial charge in [0.15, 0.2) is 0 Å². The first kappa shape index (κ1) is 16.4. The van der Waals surface area contributed by atoms with Gasteiger partial charge in [-0.3, -0.25) is 0 Å². The third kappa shape index (κ3) is 3.90. The van der Waals surface area contributed by atoms with Gasteiger partial charge in [0.2, 0.25) is 0 Å². The van der Waals surface area contributed by atoms with E-state index in [2.05, 4.69) is 32.2 Å². The molecule has 4 nitrogen and oxygen atoms in total. The molecular weight excluding hydrogens is 254 g/mol. The molecule has 20 heavy (non-hydrogen) atoms. The Morgan fingerprint density at radius 2 is 1.70 bits per heavy atom. The van der Waals surface area contributed by atoms with Gasteiger partial charge in [-0.15, -0.1) is 0 Å². The average molecular weight is 279 g/mol. The van der Waals surface area contributed by atoms with Crippen molar-refractivity contribution in [2.45, 2.75) is 26.8 Å². The lowest BCUT2D eigenvalue weighted by Crippen LogP contribution is -2.26. The number of methoxy groups -OCH3 is 3. The molecule has 0 bridgehead atoms. The first-order valence-corrected chi connectivity index (χ1v) is 6.78. The van der Waals surface area contributed by atoms with Crippen LogP contribution in [0.15, 0.2) is 17.7 Å². The van der Waals surface area contributed by atoms with Crippen LogP contribution in [-0.2, 0) is 0 Å². The molecule has 0 saturated carbocycles. The highest BCUT2D eigenvalue weighted by molar-refractivity contribution is 5.68. The van der Waals surface area contributed by atoms with Crippen molar-refractivity contribution in [2.24, 2.45) is 0 Å². The molecule has 0 spiro atoms. The first-order valence-electron chi connectivity index (χ1n) is 6.78. The number of likely N-dealkylation sites (N-methyl/N-ethyl adjacent to an activating group) is 1. The van der Waals surface area contributed by atoms with Crippen molar-refractivity contribution in [3.05, 3.63) is 23.3 Å². The quantitative estimate of drug-likeness (QED) is 0.832. The van der Waals surface area contributed by atoms with E-state index in [0.717, 1.165) is 23.6 Å². The summed E-state index contributed by atoms with van der Waals surface area (Å²) in [5.41, 5.74) is 2.15. The summed E-state index contributed by atoms with van der Waals surface area (Å²) < 4.78 is 16.1. The van der Waals surface area contributed by atoms with Gasteiger partial charge >= 0.3 is 0 Å². The van der Waals surface area contributed by atoms with Crippen molar-refractivity contribution in [3.8, 4) is 17.2 Å². The summed E-state index contributed by atoms with van der Waals surface area (Å²) in [4.78, 5) is 0. The van der Waals surface area contributed by atoms with Crippen LogP contribution in [0.4, 0.5) is 0 Å². The molecule has 0 aliphatic rings. The molecule has 112 valence electrons. The summed E-state index contributed by atoms with van der Waals surface area (Å²) in [6.45, 7) is 7.26. The van der Waals surface area contributed by atoms with Crippen LogP contribution in [0.5, 0.6) is 17.2 Å². The zero-order valence-corrected chi connectivity index (χ0v) is 13.2. The molecule has 1 atom stereocenters. The highest BCUT2D eigenvalue weighted by Gasteiger charge is 2.12. The van der Waals surface area contributed by atoms with Crippen LogP contribution in [-0.4, -0.2) is 33.9 Å². The van der Waals surface area contributed by atoms with E-state index in [9.17, 15) is 0 Å². The van der Waals surface area contributed by atoms with Crippen molar-refractivity contribution in [2.75, 3.05) is 27.9 Å². The lowest BCUT2D eigenvalue weighted by molar-refractivity contribution is 0.374. The van der Waals surface area contributed by atoms with Crippen molar-refractivity contribution in [1.82, 2.24) is 5.32 Å². The van der Waals surface area contributed by atoms with Crippen molar-refractivity contribution in [1.29, 1.82) is 0 Å². The van der Waals surface area contributed by atoms with Gasteiger partial charge in [-0.25, -0.2) is 0 Å². The van der Waals surface area contributed by atoms with Gasteiger partial charge in [0.05, 0.1) is 26.9 Å². The monoisotopic (exact) mass is 279 g/mol. The van der Waals surface area contributed by atoms with E-state index in [1.54, 1.807) is 21.3 Å². The van der Waals surface area contributed by atoms with Gasteiger partial charge in [0, 0.05) is 18.2 Å². The standard InChI is InChI=1S/C16H25NO3/c1-7-17-12(3)11(2)8-14-15(19-5)9-13(18-4)10-16(14)20-6/h8-10,12,17H,7H2,1-6H3. The number of hydrogen-bond acceptors (Lipinski definition) is 4. The van der Waals surface area contributed by atoms with E-state index in [0.29, 0.717) is 11.8 Å². The number of nitrogens with one attached hydrogen (secondary N) is 1. The van der Waals surface area contributed by atoms with Gasteiger partial charge in [0.1, 0.15) is 17.2 Å². The number of rotatable bonds is 7. The molecule has 1 aromatic rings. The predicted octanol–water partition coefficient (Wildman–Crippen LogP) is 3.11. The van der Waals surface area contributed by atoms with Crippen molar-refractivity contribution >= 4 is 6.08 Å². The largest absolute Gasteiger partial charge is 0.496 e. The van der Waals surface area contributed by atoms with Crippen LogP contribution in [0.25, 0.3) is 6.08 Å². The first-order chi connectivity index (χ1) is 9.57. The summed E-state index contributed by atoms with van der Waals surface area (Å²) in [6.07, 6.45) is 2.09. The zero-order valence-electron chi connectivity index (χ0n) is 13.2. The lowest BCUT2D eigenvalue weighted by atomic mass is 10.0. The minimum Gasteiger partial charge on any atom is -0.496 e. The van der Waals surface area contributed by atoms with E-state index in [1.807, 2.05) is 12.1 Å². The van der Waals surface area contributed by atoms with Crippen molar-refractivity contribution < 1.29 is 14.2 Å². The van der Waals surface area contributed by atoms with Gasteiger partial charge < -0.3 is 19.5 Å². The minimum absolute atomic E-state index is 0.302. The summed E-state index contributed by atoms with van der Waals surface area (Å²) in [5, 5.41) is 3.39. The summed E-state index contributed by atoms with van der Waals surface area (Å²) in [5.74, 6) is 2.20. The second-order valence-corrected chi connectivity index (χ2v) is 4.61. The molecule has 1 N–H and O–H groups in total. The van der Waals surface area contributed by atoms with Crippen LogP contribution < -0.4 is 19.5 Å². The lowest BCUT2D eigenvalue weighted by Gasteiger charge is -2.16. The molecule has 0 radical (unpaired) electrons. The second kappa shape index (κ2) is 7.80. The van der Waals surface area contributed by atoms with Crippen LogP contribution in [0.1, 0.15) is 26.3 Å². The van der Waals surface area contributed by atoms with Crippen molar-refractivity contribution in [3.63, 3.8) is 0 Å². The molecule has 0 aliphatic heterocycles. The van der Waals surface area contributed by atoms with E-state index in [4.69, 9.17) is 14.2 Å². The fourth-order valence-corrected chi connectivity index (χ4v) is 1.99. The van der Waals surface area contributed by atoms with E-state index < -0.39 is 0 Å². The van der Waals surface area contributed by atoms with Gasteiger partial charge in [0.25, 0.3) is 0 Å². The van der Waals surface area contributed by atoms with Crippen LogP contribution >= 0.6 is 0 Å². The fraction of sp³-hybridized carbons (Fsp3) is 0.500. The number of ether oxygens (including phenoxy) is 3. The maximum absolute atomic E-state index is 5.45. The van der Waals surface area contributed by atoms with E-state index in [-0.39, 0.29) is 0 Å².